The first-order valence-corrected chi connectivity index (χ1v) is 4.55. The number of benzene rings is 1. The van der Waals surface area contributed by atoms with Crippen LogP contribution in [0.3, 0.4) is 0 Å². The largest absolute Gasteiger partial charge is 0.399 e. The second-order valence-corrected chi connectivity index (χ2v) is 3.34. The number of hydrogen-bond acceptors (Lipinski definition) is 3. The van der Waals surface area contributed by atoms with Crippen LogP contribution in [-0.4, -0.2) is 15.3 Å². The number of carbonyl (C=O) groups is 1. The topological polar surface area (TPSA) is 60.9 Å². The summed E-state index contributed by atoms with van der Waals surface area (Å²) < 4.78 is 1.69. The smallest absolute Gasteiger partial charge is 0.210 e. The number of imidazole rings is 1. The minimum atomic E-state index is -0.0463. The van der Waals surface area contributed by atoms with Crippen LogP contribution < -0.4 is 5.73 Å². The van der Waals surface area contributed by atoms with Crippen LogP contribution in [0.15, 0.2) is 36.8 Å². The molecule has 0 aliphatic heterocycles. The number of nitrogen functional groups attached to an aromatic ring is 1. The van der Waals surface area contributed by atoms with Crippen molar-refractivity contribution in [2.24, 2.45) is 7.05 Å². The zero-order valence-electron chi connectivity index (χ0n) is 8.34. The van der Waals surface area contributed by atoms with Gasteiger partial charge in [-0.15, -0.1) is 0 Å². The molecule has 0 saturated heterocycles. The van der Waals surface area contributed by atoms with Gasteiger partial charge in [-0.1, -0.05) is 0 Å². The second kappa shape index (κ2) is 3.57. The van der Waals surface area contributed by atoms with Crippen LogP contribution in [0.25, 0.3) is 0 Å². The molecule has 1 aromatic carbocycles. The van der Waals surface area contributed by atoms with Gasteiger partial charge in [0, 0.05) is 18.3 Å². The van der Waals surface area contributed by atoms with Gasteiger partial charge < -0.3 is 10.3 Å². The monoisotopic (exact) mass is 201 g/mol. The molecule has 4 nitrogen and oxygen atoms in total. The van der Waals surface area contributed by atoms with Crippen LogP contribution in [-0.2, 0) is 7.05 Å². The maximum Gasteiger partial charge on any atom is 0.210 e. The lowest BCUT2D eigenvalue weighted by Gasteiger charge is -2.01. The van der Waals surface area contributed by atoms with E-state index in [-0.39, 0.29) is 5.78 Å². The Hall–Kier alpha value is -2.10. The number of carbonyl (C=O) groups excluding carboxylic acids is 1. The third-order valence-electron chi connectivity index (χ3n) is 2.22. The summed E-state index contributed by atoms with van der Waals surface area (Å²) >= 11 is 0. The molecule has 76 valence electrons. The Morgan fingerprint density at radius 1 is 1.33 bits per heavy atom. The van der Waals surface area contributed by atoms with Gasteiger partial charge >= 0.3 is 0 Å². The quantitative estimate of drug-likeness (QED) is 0.587. The SMILES string of the molecule is Cn1cncc1C(=O)c1ccc(N)cc1. The molecule has 2 aromatic rings. The van der Waals surface area contributed by atoms with Crippen molar-refractivity contribution < 1.29 is 4.79 Å². The van der Waals surface area contributed by atoms with E-state index in [0.29, 0.717) is 16.9 Å². The number of ketones is 1. The van der Waals surface area contributed by atoms with E-state index in [0.717, 1.165) is 0 Å². The van der Waals surface area contributed by atoms with E-state index in [1.807, 2.05) is 0 Å². The molecule has 0 bridgehead atoms. The van der Waals surface area contributed by atoms with E-state index in [4.69, 9.17) is 5.73 Å². The van der Waals surface area contributed by atoms with Gasteiger partial charge in [0.15, 0.2) is 0 Å². The van der Waals surface area contributed by atoms with E-state index in [1.54, 1.807) is 48.4 Å². The zero-order chi connectivity index (χ0) is 10.8. The minimum Gasteiger partial charge on any atom is -0.399 e. The van der Waals surface area contributed by atoms with Crippen LogP contribution in [0.1, 0.15) is 16.1 Å². The third-order valence-corrected chi connectivity index (χ3v) is 2.22. The van der Waals surface area contributed by atoms with Gasteiger partial charge in [-0.25, -0.2) is 4.98 Å². The lowest BCUT2D eigenvalue weighted by Crippen LogP contribution is -2.06. The maximum absolute atomic E-state index is 11.9. The van der Waals surface area contributed by atoms with E-state index in [1.165, 1.54) is 0 Å². The molecule has 2 rings (SSSR count). The van der Waals surface area contributed by atoms with Crippen molar-refractivity contribution in [1.82, 2.24) is 9.55 Å². The predicted molar refractivity (Wildman–Crippen MR) is 57.5 cm³/mol. The maximum atomic E-state index is 11.9. The highest BCUT2D eigenvalue weighted by Gasteiger charge is 2.11. The fourth-order valence-corrected chi connectivity index (χ4v) is 1.36. The van der Waals surface area contributed by atoms with Gasteiger partial charge in [0.2, 0.25) is 5.78 Å². The molecule has 0 radical (unpaired) electrons. The van der Waals surface area contributed by atoms with E-state index in [2.05, 4.69) is 4.98 Å². The van der Waals surface area contributed by atoms with E-state index < -0.39 is 0 Å². The molecule has 2 N–H and O–H groups in total. The molecule has 0 saturated carbocycles. The highest BCUT2D eigenvalue weighted by molar-refractivity contribution is 6.07. The van der Waals surface area contributed by atoms with Gasteiger partial charge in [-0.3, -0.25) is 4.79 Å². The molecule has 1 heterocycles. The lowest BCUT2D eigenvalue weighted by molar-refractivity contribution is 0.103. The van der Waals surface area contributed by atoms with Gasteiger partial charge in [0.25, 0.3) is 0 Å². The number of hydrogen-bond donors (Lipinski definition) is 1. The molecule has 0 amide bonds. The van der Waals surface area contributed by atoms with Crippen molar-refractivity contribution in [2.75, 3.05) is 5.73 Å². The van der Waals surface area contributed by atoms with Crippen LogP contribution >= 0.6 is 0 Å². The molecule has 0 spiro atoms. The highest BCUT2D eigenvalue weighted by Crippen LogP contribution is 2.10. The molecule has 0 aliphatic rings. The fraction of sp³-hybridized carbons (Fsp3) is 0.0909. The van der Waals surface area contributed by atoms with Crippen LogP contribution in [0, 0.1) is 0 Å². The number of aryl methyl sites for hydroxylation is 1. The summed E-state index contributed by atoms with van der Waals surface area (Å²) in [5.74, 6) is -0.0463. The average molecular weight is 201 g/mol. The Morgan fingerprint density at radius 2 is 2.00 bits per heavy atom. The lowest BCUT2D eigenvalue weighted by atomic mass is 10.1. The van der Waals surface area contributed by atoms with Crippen LogP contribution in [0.4, 0.5) is 5.69 Å². The molecule has 0 atom stereocenters. The summed E-state index contributed by atoms with van der Waals surface area (Å²) in [7, 11) is 1.79. The summed E-state index contributed by atoms with van der Waals surface area (Å²) in [6, 6.07) is 6.85. The summed E-state index contributed by atoms with van der Waals surface area (Å²) in [5, 5.41) is 0. The number of nitrogens with zero attached hydrogens (tertiary/aromatic N) is 2. The van der Waals surface area contributed by atoms with Gasteiger partial charge in [-0.05, 0) is 24.3 Å². The van der Waals surface area contributed by atoms with E-state index >= 15 is 0 Å². The number of nitrogens with two attached hydrogens (primary N) is 1. The van der Waals surface area contributed by atoms with Crippen molar-refractivity contribution in [1.29, 1.82) is 0 Å². The molecule has 0 unspecified atom stereocenters. The number of anilines is 1. The molecule has 15 heavy (non-hydrogen) atoms. The summed E-state index contributed by atoms with van der Waals surface area (Å²) in [6.45, 7) is 0. The van der Waals surface area contributed by atoms with Gasteiger partial charge in [0.1, 0.15) is 5.69 Å². The summed E-state index contributed by atoms with van der Waals surface area (Å²) in [5.41, 5.74) is 7.38. The van der Waals surface area contributed by atoms with Gasteiger partial charge in [-0.2, -0.15) is 0 Å². The van der Waals surface area contributed by atoms with Crippen molar-refractivity contribution in [3.8, 4) is 0 Å². The minimum absolute atomic E-state index is 0.0463. The summed E-state index contributed by atoms with van der Waals surface area (Å²) in [6.07, 6.45) is 3.16. The number of rotatable bonds is 2. The first-order chi connectivity index (χ1) is 7.18. The second-order valence-electron chi connectivity index (χ2n) is 3.34. The summed E-state index contributed by atoms with van der Waals surface area (Å²) in [4.78, 5) is 15.8. The zero-order valence-corrected chi connectivity index (χ0v) is 8.34. The standard InChI is InChI=1S/C11H11N3O/c1-14-7-13-6-10(14)11(15)8-2-4-9(12)5-3-8/h2-7H,12H2,1H3. The van der Waals surface area contributed by atoms with Crippen molar-refractivity contribution in [3.63, 3.8) is 0 Å². The van der Waals surface area contributed by atoms with Crippen LogP contribution in [0.2, 0.25) is 0 Å². The van der Waals surface area contributed by atoms with Crippen LogP contribution in [0.5, 0.6) is 0 Å². The molecular weight excluding hydrogens is 190 g/mol. The van der Waals surface area contributed by atoms with Gasteiger partial charge in [0.05, 0.1) is 12.5 Å². The Kier molecular flexibility index (Phi) is 2.25. The molecular formula is C11H11N3O. The normalized spacial score (nSPS) is 10.2. The first-order valence-electron chi connectivity index (χ1n) is 4.55. The number of aromatic nitrogens is 2. The van der Waals surface area contributed by atoms with E-state index in [9.17, 15) is 4.79 Å². The van der Waals surface area contributed by atoms with Crippen molar-refractivity contribution in [3.05, 3.63) is 48.0 Å². The highest BCUT2D eigenvalue weighted by atomic mass is 16.1. The Bertz CT molecular complexity index is 485. The predicted octanol–water partition coefficient (Wildman–Crippen LogP) is 1.23. The Morgan fingerprint density at radius 3 is 2.53 bits per heavy atom. The Labute approximate surface area is 87.4 Å². The molecule has 0 fully saturated rings. The third kappa shape index (κ3) is 1.74. The fourth-order valence-electron chi connectivity index (χ4n) is 1.36. The molecule has 0 aliphatic carbocycles. The average Bonchev–Trinajstić information content (AvgIpc) is 2.65. The van der Waals surface area contributed by atoms with Crippen molar-refractivity contribution in [2.45, 2.75) is 0 Å². The first kappa shape index (κ1) is 9.45. The molecule has 4 heteroatoms. The van der Waals surface area contributed by atoms with Crippen molar-refractivity contribution >= 4 is 11.5 Å². The molecule has 1 aromatic heterocycles. The Balaban J connectivity index is 2.37.